The van der Waals surface area contributed by atoms with Gasteiger partial charge in [0.2, 0.25) is 0 Å². The van der Waals surface area contributed by atoms with Crippen molar-refractivity contribution in [2.24, 2.45) is 0 Å². The molecule has 0 aliphatic rings. The molecule has 0 rings (SSSR count). The number of nitriles is 1. The van der Waals surface area contributed by atoms with Crippen molar-refractivity contribution in [1.82, 2.24) is 0 Å². The molecule has 0 unspecified atom stereocenters. The quantitative estimate of drug-likeness (QED) is 0.359. The van der Waals surface area contributed by atoms with Gasteiger partial charge in [-0.05, 0) is 10.7 Å². The number of hydrogen-bond acceptors (Lipinski definition) is 2. The number of rotatable bonds is 0. The molecule has 0 spiro atoms. The van der Waals surface area contributed by atoms with Gasteiger partial charge < -0.3 is 0 Å². The fraction of sp³-hybridized carbons (Fsp3) is 0. The van der Waals surface area contributed by atoms with Gasteiger partial charge in [0, 0.05) is 0 Å². The van der Waals surface area contributed by atoms with E-state index in [0.717, 1.165) is 0 Å². The van der Waals surface area contributed by atoms with E-state index in [1.807, 2.05) is 0 Å². The Labute approximate surface area is 82.0 Å². The first kappa shape index (κ1) is 9.90. The first-order chi connectivity index (χ1) is 1.91. The van der Waals surface area contributed by atoms with E-state index in [0.29, 0.717) is 11.0 Å². The molecule has 1 nitrogen and oxygen atoms in total. The van der Waals surface area contributed by atoms with Crippen LogP contribution >= 0.6 is 21.7 Å². The van der Waals surface area contributed by atoms with E-state index in [-0.39, 0.29) is 51.4 Å². The summed E-state index contributed by atoms with van der Waals surface area (Å²) in [5, 5.41) is 9.07. The van der Waals surface area contributed by atoms with E-state index < -0.39 is 0 Å². The third kappa shape index (κ3) is 10.7. The van der Waals surface area contributed by atoms with Gasteiger partial charge in [-0.3, -0.25) is 0 Å². The Bertz CT molecular complexity index is 41.4. The van der Waals surface area contributed by atoms with Crippen molar-refractivity contribution in [1.29, 1.82) is 5.26 Å². The molecular weight excluding hydrogens is 133 g/mol. The Hall–Kier alpha value is 1.77. The summed E-state index contributed by atoms with van der Waals surface area (Å²) in [5.41, 5.74) is 0. The first-order valence-corrected chi connectivity index (χ1v) is 2.22. The molecule has 0 aromatic heterocycles. The Kier molecular flexibility index (Phi) is 18.3. The molecular formula is CHClKNS. The van der Waals surface area contributed by atoms with Crippen LogP contribution in [0.2, 0.25) is 0 Å². The number of thiocyanates is 1. The van der Waals surface area contributed by atoms with Gasteiger partial charge in [0.1, 0.15) is 5.40 Å². The van der Waals surface area contributed by atoms with E-state index >= 15 is 0 Å². The molecule has 0 aliphatic carbocycles. The third-order valence-electron chi connectivity index (χ3n) is 0.0345. The van der Waals surface area contributed by atoms with Gasteiger partial charge in [-0.2, -0.15) is 5.26 Å². The summed E-state index contributed by atoms with van der Waals surface area (Å²) in [7, 11) is 5.38. The fourth-order valence-corrected chi connectivity index (χ4v) is 0. The van der Waals surface area contributed by atoms with Crippen LogP contribution in [0.3, 0.4) is 0 Å². The van der Waals surface area contributed by atoms with E-state index in [4.69, 9.17) is 15.9 Å². The molecule has 0 amide bonds. The molecule has 0 bridgehead atoms. The zero-order valence-electron chi connectivity index (χ0n) is 1.73. The van der Waals surface area contributed by atoms with Crippen LogP contribution in [0.1, 0.15) is 0 Å². The van der Waals surface area contributed by atoms with Crippen LogP contribution in [0.15, 0.2) is 0 Å². The second-order valence-corrected chi connectivity index (χ2v) is 0.968. The molecule has 5 heavy (non-hydrogen) atoms. The number of nitrogens with zero attached hydrogens (tertiary/aromatic N) is 1. The monoisotopic (exact) mass is 133 g/mol. The second kappa shape index (κ2) is 9.23. The van der Waals surface area contributed by atoms with Crippen molar-refractivity contribution in [3.8, 4) is 5.40 Å². The Balaban J connectivity index is 0. The molecule has 0 aromatic rings. The molecule has 0 saturated heterocycles. The van der Waals surface area contributed by atoms with Crippen molar-refractivity contribution in [2.75, 3.05) is 0 Å². The first-order valence-electron chi connectivity index (χ1n) is 0.582. The van der Waals surface area contributed by atoms with Gasteiger partial charge >= 0.3 is 51.4 Å². The molecule has 0 aliphatic heterocycles. The van der Waals surface area contributed by atoms with E-state index in [9.17, 15) is 0 Å². The summed E-state index contributed by atoms with van der Waals surface area (Å²) in [6.45, 7) is 0. The van der Waals surface area contributed by atoms with Gasteiger partial charge in [-0.15, -0.1) is 0 Å². The molecule has 4 heteroatoms. The van der Waals surface area contributed by atoms with E-state index in [1.54, 1.807) is 5.40 Å². The molecule has 0 N–H and O–H groups in total. The van der Waals surface area contributed by atoms with Gasteiger partial charge in [0.05, 0.1) is 11.0 Å². The van der Waals surface area contributed by atoms with Crippen molar-refractivity contribution < 1.29 is 0 Å². The Morgan fingerprint density at radius 2 is 2.00 bits per heavy atom. The minimum absolute atomic E-state index is 0. The summed E-state index contributed by atoms with van der Waals surface area (Å²) in [6, 6.07) is 0. The van der Waals surface area contributed by atoms with Crippen LogP contribution in [0.4, 0.5) is 0 Å². The van der Waals surface area contributed by atoms with Crippen molar-refractivity contribution >= 4 is 73.0 Å². The SMILES string of the molecule is N#CSCl.[KH]. The maximum atomic E-state index is 7.46. The van der Waals surface area contributed by atoms with Crippen LogP contribution in [-0.2, 0) is 0 Å². The molecule has 0 aromatic carbocycles. The molecule has 0 radical (unpaired) electrons. The zero-order valence-corrected chi connectivity index (χ0v) is 3.31. The average Bonchev–Trinajstić information content (AvgIpc) is 1.37. The molecule has 0 fully saturated rings. The van der Waals surface area contributed by atoms with Crippen molar-refractivity contribution in [3.63, 3.8) is 0 Å². The average molecular weight is 134 g/mol. The fourth-order valence-electron chi connectivity index (χ4n) is 0. The molecule has 24 valence electrons. The van der Waals surface area contributed by atoms with Crippen molar-refractivity contribution in [2.45, 2.75) is 0 Å². The second-order valence-electron chi connectivity index (χ2n) is 0.168. The van der Waals surface area contributed by atoms with Crippen LogP contribution in [0.5, 0.6) is 0 Å². The normalized spacial score (nSPS) is 4.00. The predicted octanol–water partition coefficient (Wildman–Crippen LogP) is 0.706. The maximum absolute atomic E-state index is 7.46. The van der Waals surface area contributed by atoms with Crippen molar-refractivity contribution in [3.05, 3.63) is 0 Å². The van der Waals surface area contributed by atoms with E-state index in [2.05, 4.69) is 0 Å². The van der Waals surface area contributed by atoms with Crippen LogP contribution < -0.4 is 0 Å². The summed E-state index contributed by atoms with van der Waals surface area (Å²) in [5.74, 6) is 0. The summed E-state index contributed by atoms with van der Waals surface area (Å²) in [4.78, 5) is 0. The summed E-state index contributed by atoms with van der Waals surface area (Å²) in [6.07, 6.45) is 0. The number of hydrogen-bond donors (Lipinski definition) is 0. The van der Waals surface area contributed by atoms with E-state index in [1.165, 1.54) is 0 Å². The number of halogens is 1. The Morgan fingerprint density at radius 1 is 1.80 bits per heavy atom. The van der Waals surface area contributed by atoms with Gasteiger partial charge in [-0.25, -0.2) is 0 Å². The molecule has 0 atom stereocenters. The summed E-state index contributed by atoms with van der Waals surface area (Å²) >= 11 is 0. The van der Waals surface area contributed by atoms with Crippen LogP contribution in [0, 0.1) is 10.7 Å². The third-order valence-corrected chi connectivity index (χ3v) is 0.311. The van der Waals surface area contributed by atoms with Gasteiger partial charge in [-0.1, -0.05) is 0 Å². The zero-order chi connectivity index (χ0) is 3.41. The molecule has 0 saturated carbocycles. The minimum atomic E-state index is 0. The molecule has 0 heterocycles. The van der Waals surface area contributed by atoms with Gasteiger partial charge in [0.15, 0.2) is 0 Å². The summed E-state index contributed by atoms with van der Waals surface area (Å²) < 4.78 is 0. The van der Waals surface area contributed by atoms with Crippen LogP contribution in [0.25, 0.3) is 0 Å². The predicted molar refractivity (Wildman–Crippen MR) is 26.2 cm³/mol. The van der Waals surface area contributed by atoms with Crippen LogP contribution in [-0.4, -0.2) is 51.4 Å². The standard InChI is InChI=1S/CClNS.K.H/c2-4-1-3;;. The Morgan fingerprint density at radius 3 is 2.00 bits per heavy atom. The van der Waals surface area contributed by atoms with Gasteiger partial charge in [0.25, 0.3) is 0 Å². The topological polar surface area (TPSA) is 23.8 Å².